The number of amides is 1. The molecule has 0 radical (unpaired) electrons. The Morgan fingerprint density at radius 3 is 2.53 bits per heavy atom. The van der Waals surface area contributed by atoms with Crippen molar-refractivity contribution in [2.75, 3.05) is 19.7 Å². The normalized spacial score (nSPS) is 12.9. The van der Waals surface area contributed by atoms with Crippen LogP contribution in [0.2, 0.25) is 0 Å². The molecule has 1 atom stereocenters. The van der Waals surface area contributed by atoms with Crippen LogP contribution < -0.4 is 10.6 Å². The van der Waals surface area contributed by atoms with Gasteiger partial charge in [0.2, 0.25) is 5.91 Å². The molecule has 0 saturated heterocycles. The third-order valence-electron chi connectivity index (χ3n) is 2.38. The van der Waals surface area contributed by atoms with Crippen molar-refractivity contribution in [3.63, 3.8) is 0 Å². The Kier molecular flexibility index (Phi) is 8.33. The Bertz CT molecular complexity index is 172. The van der Waals surface area contributed by atoms with Gasteiger partial charge in [0.25, 0.3) is 0 Å². The van der Waals surface area contributed by atoms with E-state index >= 15 is 0 Å². The summed E-state index contributed by atoms with van der Waals surface area (Å²) in [6.45, 7) is 7.21. The van der Waals surface area contributed by atoms with Crippen LogP contribution in [0.1, 0.15) is 33.6 Å². The molecule has 0 spiro atoms. The highest BCUT2D eigenvalue weighted by Crippen LogP contribution is 1.99. The molecule has 0 unspecified atom stereocenters. The molecule has 15 heavy (non-hydrogen) atoms. The lowest BCUT2D eigenvalue weighted by Crippen LogP contribution is -2.43. The molecule has 0 fully saturated rings. The summed E-state index contributed by atoms with van der Waals surface area (Å²) in [6.07, 6.45) is 2.10. The van der Waals surface area contributed by atoms with E-state index in [4.69, 9.17) is 5.11 Å². The van der Waals surface area contributed by atoms with Gasteiger partial charge in [-0.3, -0.25) is 4.79 Å². The van der Waals surface area contributed by atoms with Gasteiger partial charge in [0.1, 0.15) is 0 Å². The second kappa shape index (κ2) is 8.68. The van der Waals surface area contributed by atoms with E-state index in [1.807, 2.05) is 13.8 Å². The maximum absolute atomic E-state index is 11.3. The number of hydrogen-bond acceptors (Lipinski definition) is 3. The first kappa shape index (κ1) is 14.4. The van der Waals surface area contributed by atoms with E-state index < -0.39 is 0 Å². The van der Waals surface area contributed by atoms with Gasteiger partial charge in [-0.2, -0.15) is 0 Å². The van der Waals surface area contributed by atoms with E-state index in [1.165, 1.54) is 0 Å². The Hall–Kier alpha value is -0.610. The first-order chi connectivity index (χ1) is 7.11. The van der Waals surface area contributed by atoms with Crippen LogP contribution in [0, 0.1) is 5.92 Å². The van der Waals surface area contributed by atoms with E-state index in [9.17, 15) is 4.79 Å². The molecule has 4 heteroatoms. The van der Waals surface area contributed by atoms with Crippen molar-refractivity contribution < 1.29 is 9.90 Å². The number of aliphatic hydroxyl groups is 1. The fourth-order valence-electron chi connectivity index (χ4n) is 1.20. The van der Waals surface area contributed by atoms with Gasteiger partial charge < -0.3 is 15.7 Å². The molecule has 4 nitrogen and oxygen atoms in total. The van der Waals surface area contributed by atoms with Crippen LogP contribution in [0.25, 0.3) is 0 Å². The zero-order valence-electron chi connectivity index (χ0n) is 10.0. The van der Waals surface area contributed by atoms with Gasteiger partial charge in [0, 0.05) is 12.6 Å². The Morgan fingerprint density at radius 2 is 2.07 bits per heavy atom. The van der Waals surface area contributed by atoms with Crippen molar-refractivity contribution >= 4 is 5.91 Å². The first-order valence-electron chi connectivity index (χ1n) is 5.72. The minimum Gasteiger partial charge on any atom is -0.395 e. The minimum atomic E-state index is 0.00178. The third-order valence-corrected chi connectivity index (χ3v) is 2.38. The van der Waals surface area contributed by atoms with E-state index in [2.05, 4.69) is 17.6 Å². The second-order valence-corrected chi connectivity index (χ2v) is 4.12. The molecule has 0 heterocycles. The van der Waals surface area contributed by atoms with Gasteiger partial charge in [0.15, 0.2) is 0 Å². The van der Waals surface area contributed by atoms with Gasteiger partial charge in [-0.05, 0) is 12.3 Å². The van der Waals surface area contributed by atoms with Gasteiger partial charge in [0.05, 0.1) is 13.2 Å². The number of carbonyl (C=O) groups excluding carboxylic acids is 1. The molecule has 0 aliphatic rings. The number of rotatable bonds is 8. The highest BCUT2D eigenvalue weighted by molar-refractivity contribution is 5.77. The SMILES string of the molecule is CCCCNC(=O)CN[C@H](CO)C(C)C. The summed E-state index contributed by atoms with van der Waals surface area (Å²) in [4.78, 5) is 11.3. The molecule has 0 aliphatic heterocycles. The number of hydrogen-bond donors (Lipinski definition) is 3. The van der Waals surface area contributed by atoms with Crippen molar-refractivity contribution in [2.24, 2.45) is 5.92 Å². The maximum Gasteiger partial charge on any atom is 0.233 e. The average molecular weight is 216 g/mol. The molecular weight excluding hydrogens is 192 g/mol. The van der Waals surface area contributed by atoms with E-state index in [0.717, 1.165) is 19.4 Å². The number of carbonyl (C=O) groups is 1. The molecule has 90 valence electrons. The summed E-state index contributed by atoms with van der Waals surface area (Å²) < 4.78 is 0. The summed E-state index contributed by atoms with van der Waals surface area (Å²) in [5.41, 5.74) is 0. The molecule has 0 aromatic heterocycles. The average Bonchev–Trinajstić information content (AvgIpc) is 2.18. The van der Waals surface area contributed by atoms with E-state index in [-0.39, 0.29) is 25.1 Å². The predicted molar refractivity (Wildman–Crippen MR) is 61.6 cm³/mol. The summed E-state index contributed by atoms with van der Waals surface area (Å²) >= 11 is 0. The second-order valence-electron chi connectivity index (χ2n) is 4.12. The molecule has 0 aromatic rings. The minimum absolute atomic E-state index is 0.00178. The fraction of sp³-hybridized carbons (Fsp3) is 0.909. The molecule has 3 N–H and O–H groups in total. The first-order valence-corrected chi connectivity index (χ1v) is 5.72. The van der Waals surface area contributed by atoms with Crippen molar-refractivity contribution in [3.8, 4) is 0 Å². The molecule has 0 saturated carbocycles. The standard InChI is InChI=1S/C11H24N2O2/c1-4-5-6-12-11(15)7-13-10(8-14)9(2)3/h9-10,13-14H,4-8H2,1-3H3,(H,12,15)/t10-/m1/s1. The summed E-state index contributed by atoms with van der Waals surface area (Å²) in [7, 11) is 0. The summed E-state index contributed by atoms with van der Waals surface area (Å²) in [6, 6.07) is 0.00178. The fourth-order valence-corrected chi connectivity index (χ4v) is 1.20. The monoisotopic (exact) mass is 216 g/mol. The van der Waals surface area contributed by atoms with Gasteiger partial charge in [-0.15, -0.1) is 0 Å². The van der Waals surface area contributed by atoms with Crippen molar-refractivity contribution in [3.05, 3.63) is 0 Å². The zero-order valence-corrected chi connectivity index (χ0v) is 10.0. The lowest BCUT2D eigenvalue weighted by Gasteiger charge is -2.19. The van der Waals surface area contributed by atoms with Gasteiger partial charge >= 0.3 is 0 Å². The molecule has 0 aliphatic carbocycles. The Morgan fingerprint density at radius 1 is 1.40 bits per heavy atom. The quantitative estimate of drug-likeness (QED) is 0.518. The topological polar surface area (TPSA) is 61.4 Å². The molecule has 0 aromatic carbocycles. The number of unbranched alkanes of at least 4 members (excludes halogenated alkanes) is 1. The Balaban J connectivity index is 3.59. The molecule has 1 amide bonds. The van der Waals surface area contributed by atoms with Crippen LogP contribution in [0.5, 0.6) is 0 Å². The molecule has 0 bridgehead atoms. The van der Waals surface area contributed by atoms with E-state index in [0.29, 0.717) is 5.92 Å². The number of nitrogens with one attached hydrogen (secondary N) is 2. The highest BCUT2D eigenvalue weighted by Gasteiger charge is 2.12. The molecular formula is C11H24N2O2. The zero-order chi connectivity index (χ0) is 11.7. The highest BCUT2D eigenvalue weighted by atomic mass is 16.3. The molecule has 0 rings (SSSR count). The number of aliphatic hydroxyl groups excluding tert-OH is 1. The van der Waals surface area contributed by atoms with Crippen LogP contribution >= 0.6 is 0 Å². The van der Waals surface area contributed by atoms with Crippen molar-refractivity contribution in [1.29, 1.82) is 0 Å². The smallest absolute Gasteiger partial charge is 0.233 e. The van der Waals surface area contributed by atoms with Crippen LogP contribution in [0.3, 0.4) is 0 Å². The van der Waals surface area contributed by atoms with Crippen molar-refractivity contribution in [2.45, 2.75) is 39.7 Å². The van der Waals surface area contributed by atoms with Crippen molar-refractivity contribution in [1.82, 2.24) is 10.6 Å². The van der Waals surface area contributed by atoms with Gasteiger partial charge in [-0.25, -0.2) is 0 Å². The lowest BCUT2D eigenvalue weighted by atomic mass is 10.1. The van der Waals surface area contributed by atoms with Crippen LogP contribution in [-0.4, -0.2) is 36.8 Å². The predicted octanol–water partition coefficient (Wildman–Crippen LogP) is 0.509. The van der Waals surface area contributed by atoms with E-state index in [1.54, 1.807) is 0 Å². The Labute approximate surface area is 92.4 Å². The summed E-state index contributed by atoms with van der Waals surface area (Å²) in [5.74, 6) is 0.334. The largest absolute Gasteiger partial charge is 0.395 e. The summed E-state index contributed by atoms with van der Waals surface area (Å²) in [5, 5.41) is 14.9. The van der Waals surface area contributed by atoms with Gasteiger partial charge in [-0.1, -0.05) is 27.2 Å². The van der Waals surface area contributed by atoms with Crippen LogP contribution in [0.4, 0.5) is 0 Å². The van der Waals surface area contributed by atoms with Crippen LogP contribution in [0.15, 0.2) is 0 Å². The third kappa shape index (κ3) is 7.33. The van der Waals surface area contributed by atoms with Crippen LogP contribution in [-0.2, 0) is 4.79 Å². The maximum atomic E-state index is 11.3. The lowest BCUT2D eigenvalue weighted by molar-refractivity contribution is -0.120.